The standard InChI is InChI=1S/C22H27N7O5/c1-32-16-6-4-15(5-7-16)18(28-8-11-33-12-9-28)14-25-22-26-20(23)19(29(30)31)21(27-22)24-13-17-3-2-10-34-17/h2-7,10,18H,8-9,11-14H2,1H3,(H4,23,24,25,26,27)/t18-/m0/s1. The highest BCUT2D eigenvalue weighted by molar-refractivity contribution is 5.69. The number of benzene rings is 1. The SMILES string of the molecule is COc1ccc([C@H](CNc2nc(N)c([N+](=O)[O-])c(NCc3ccco3)n2)N2CCOCC2)cc1. The van der Waals surface area contributed by atoms with Crippen molar-refractivity contribution in [3.05, 3.63) is 64.1 Å². The van der Waals surface area contributed by atoms with E-state index in [1.165, 1.54) is 6.26 Å². The second kappa shape index (κ2) is 10.8. The second-order valence-electron chi connectivity index (χ2n) is 7.64. The number of anilines is 3. The number of nitrogens with two attached hydrogens (primary N) is 1. The molecule has 0 unspecified atom stereocenters. The van der Waals surface area contributed by atoms with Gasteiger partial charge in [0.25, 0.3) is 0 Å². The average molecular weight is 470 g/mol. The van der Waals surface area contributed by atoms with Gasteiger partial charge in [-0.25, -0.2) is 0 Å². The Labute approximate surface area is 196 Å². The Morgan fingerprint density at radius 2 is 1.97 bits per heavy atom. The van der Waals surface area contributed by atoms with E-state index < -0.39 is 4.92 Å². The summed E-state index contributed by atoms with van der Waals surface area (Å²) in [5, 5.41) is 17.7. The van der Waals surface area contributed by atoms with Crippen molar-refractivity contribution in [1.82, 2.24) is 14.9 Å². The van der Waals surface area contributed by atoms with E-state index in [2.05, 4.69) is 25.5 Å². The molecule has 2 aromatic heterocycles. The van der Waals surface area contributed by atoms with E-state index >= 15 is 0 Å². The minimum atomic E-state index is -0.600. The van der Waals surface area contributed by atoms with E-state index in [-0.39, 0.29) is 35.9 Å². The first kappa shape index (κ1) is 23.3. The summed E-state index contributed by atoms with van der Waals surface area (Å²) < 4.78 is 16.1. The first-order valence-electron chi connectivity index (χ1n) is 10.8. The number of hydrogen-bond acceptors (Lipinski definition) is 11. The highest BCUT2D eigenvalue weighted by atomic mass is 16.6. The summed E-state index contributed by atoms with van der Waals surface area (Å²) in [4.78, 5) is 21.7. The van der Waals surface area contributed by atoms with E-state index in [9.17, 15) is 10.1 Å². The van der Waals surface area contributed by atoms with Crippen molar-refractivity contribution in [3.63, 3.8) is 0 Å². The molecule has 0 aliphatic carbocycles. The van der Waals surface area contributed by atoms with Crippen molar-refractivity contribution in [2.75, 3.05) is 56.3 Å². The van der Waals surface area contributed by atoms with Gasteiger partial charge >= 0.3 is 5.69 Å². The number of nitrogens with one attached hydrogen (secondary N) is 2. The normalized spacial score (nSPS) is 15.0. The highest BCUT2D eigenvalue weighted by Gasteiger charge is 2.26. The third-order valence-corrected chi connectivity index (χ3v) is 5.54. The molecule has 1 atom stereocenters. The smallest absolute Gasteiger partial charge is 0.353 e. The molecule has 0 bridgehead atoms. The van der Waals surface area contributed by atoms with Crippen molar-refractivity contribution >= 4 is 23.3 Å². The van der Waals surface area contributed by atoms with Gasteiger partial charge < -0.3 is 30.3 Å². The fourth-order valence-electron chi connectivity index (χ4n) is 3.80. The molecule has 1 aliphatic heterocycles. The lowest BCUT2D eigenvalue weighted by atomic mass is 10.0. The van der Waals surface area contributed by atoms with Crippen molar-refractivity contribution in [2.24, 2.45) is 0 Å². The number of nitrogens with zero attached hydrogens (tertiary/aromatic N) is 4. The Bertz CT molecular complexity index is 1090. The molecule has 0 amide bonds. The van der Waals surface area contributed by atoms with Crippen LogP contribution in [0.25, 0.3) is 0 Å². The van der Waals surface area contributed by atoms with Gasteiger partial charge in [-0.2, -0.15) is 9.97 Å². The van der Waals surface area contributed by atoms with Gasteiger partial charge in [0.15, 0.2) is 0 Å². The van der Waals surface area contributed by atoms with Crippen molar-refractivity contribution in [2.45, 2.75) is 12.6 Å². The number of aromatic nitrogens is 2. The molecule has 4 rings (SSSR count). The molecule has 34 heavy (non-hydrogen) atoms. The zero-order valence-electron chi connectivity index (χ0n) is 18.8. The predicted molar refractivity (Wildman–Crippen MR) is 126 cm³/mol. The zero-order valence-corrected chi connectivity index (χ0v) is 18.8. The summed E-state index contributed by atoms with van der Waals surface area (Å²) in [6.45, 7) is 3.52. The topological polar surface area (TPSA) is 154 Å². The Kier molecular flexibility index (Phi) is 7.40. The fraction of sp³-hybridized carbons (Fsp3) is 0.364. The van der Waals surface area contributed by atoms with Crippen LogP contribution in [0.2, 0.25) is 0 Å². The lowest BCUT2D eigenvalue weighted by Gasteiger charge is -2.35. The molecule has 12 nitrogen and oxygen atoms in total. The van der Waals surface area contributed by atoms with Crippen LogP contribution in [0.15, 0.2) is 47.1 Å². The van der Waals surface area contributed by atoms with Crippen LogP contribution in [0.4, 0.5) is 23.3 Å². The Morgan fingerprint density at radius 3 is 2.62 bits per heavy atom. The highest BCUT2D eigenvalue weighted by Crippen LogP contribution is 2.30. The summed E-state index contributed by atoms with van der Waals surface area (Å²) >= 11 is 0. The van der Waals surface area contributed by atoms with Gasteiger partial charge in [-0.05, 0) is 29.8 Å². The summed E-state index contributed by atoms with van der Waals surface area (Å²) in [6.07, 6.45) is 1.53. The van der Waals surface area contributed by atoms with Gasteiger partial charge in [0.05, 0.1) is 44.1 Å². The van der Waals surface area contributed by atoms with E-state index in [0.29, 0.717) is 25.5 Å². The maximum atomic E-state index is 11.6. The van der Waals surface area contributed by atoms with Crippen LogP contribution in [-0.2, 0) is 11.3 Å². The number of morpholine rings is 1. The first-order valence-corrected chi connectivity index (χ1v) is 10.8. The van der Waals surface area contributed by atoms with Crippen LogP contribution in [0.3, 0.4) is 0 Å². The summed E-state index contributed by atoms with van der Waals surface area (Å²) in [7, 11) is 1.63. The third kappa shape index (κ3) is 5.53. The quantitative estimate of drug-likeness (QED) is 0.296. The Balaban J connectivity index is 1.55. The lowest BCUT2D eigenvalue weighted by Crippen LogP contribution is -2.41. The molecule has 1 aromatic carbocycles. The van der Waals surface area contributed by atoms with Crippen LogP contribution in [0, 0.1) is 10.1 Å². The van der Waals surface area contributed by atoms with Gasteiger partial charge in [0, 0.05) is 19.6 Å². The molecule has 0 radical (unpaired) electrons. The monoisotopic (exact) mass is 469 g/mol. The van der Waals surface area contributed by atoms with Crippen LogP contribution in [0.5, 0.6) is 5.75 Å². The molecule has 0 spiro atoms. The molecule has 3 aromatic rings. The average Bonchev–Trinajstić information content (AvgIpc) is 3.37. The largest absolute Gasteiger partial charge is 0.497 e. The van der Waals surface area contributed by atoms with Gasteiger partial charge in [-0.15, -0.1) is 0 Å². The van der Waals surface area contributed by atoms with Gasteiger partial charge in [-0.1, -0.05) is 12.1 Å². The zero-order chi connectivity index (χ0) is 23.9. The third-order valence-electron chi connectivity index (χ3n) is 5.54. The van der Waals surface area contributed by atoms with Gasteiger partial charge in [0.1, 0.15) is 11.5 Å². The van der Waals surface area contributed by atoms with Crippen molar-refractivity contribution in [1.29, 1.82) is 0 Å². The lowest BCUT2D eigenvalue weighted by molar-refractivity contribution is -0.383. The van der Waals surface area contributed by atoms with Gasteiger partial charge in [0.2, 0.25) is 17.6 Å². The Morgan fingerprint density at radius 1 is 1.21 bits per heavy atom. The molecule has 12 heteroatoms. The molecule has 4 N–H and O–H groups in total. The number of ether oxygens (including phenoxy) is 2. The molecule has 1 saturated heterocycles. The minimum Gasteiger partial charge on any atom is -0.497 e. The molecular formula is C22H27N7O5. The summed E-state index contributed by atoms with van der Waals surface area (Å²) in [5.41, 5.74) is 6.63. The molecule has 180 valence electrons. The van der Waals surface area contributed by atoms with Crippen LogP contribution >= 0.6 is 0 Å². The van der Waals surface area contributed by atoms with E-state index in [1.54, 1.807) is 19.2 Å². The van der Waals surface area contributed by atoms with Crippen LogP contribution in [-0.4, -0.2) is 59.7 Å². The maximum Gasteiger partial charge on any atom is 0.353 e. The Hall–Kier alpha value is -3.90. The number of furan rings is 1. The number of nitro groups is 1. The van der Waals surface area contributed by atoms with E-state index in [4.69, 9.17) is 19.6 Å². The summed E-state index contributed by atoms with van der Waals surface area (Å²) in [6, 6.07) is 11.3. The minimum absolute atomic E-state index is 0.00523. The molecule has 0 saturated carbocycles. The van der Waals surface area contributed by atoms with Crippen molar-refractivity contribution < 1.29 is 18.8 Å². The summed E-state index contributed by atoms with van der Waals surface area (Å²) in [5.74, 6) is 1.36. The fourth-order valence-corrected chi connectivity index (χ4v) is 3.80. The molecule has 1 aliphatic rings. The molecular weight excluding hydrogens is 442 g/mol. The number of nitrogen functional groups attached to an aromatic ring is 1. The first-order chi connectivity index (χ1) is 16.5. The van der Waals surface area contributed by atoms with E-state index in [0.717, 1.165) is 24.4 Å². The maximum absolute atomic E-state index is 11.6. The number of methoxy groups -OCH3 is 1. The molecule has 1 fully saturated rings. The van der Waals surface area contributed by atoms with Crippen LogP contribution < -0.4 is 21.1 Å². The number of hydrogen-bond donors (Lipinski definition) is 3. The van der Waals surface area contributed by atoms with Crippen LogP contribution in [0.1, 0.15) is 17.4 Å². The molecule has 3 heterocycles. The second-order valence-corrected chi connectivity index (χ2v) is 7.64. The number of rotatable bonds is 10. The van der Waals surface area contributed by atoms with Gasteiger partial charge in [-0.3, -0.25) is 15.0 Å². The predicted octanol–water partition coefficient (Wildman–Crippen LogP) is 2.67. The van der Waals surface area contributed by atoms with E-state index in [1.807, 2.05) is 24.3 Å². The van der Waals surface area contributed by atoms with Crippen molar-refractivity contribution in [3.8, 4) is 5.75 Å².